The second-order valence-electron chi connectivity index (χ2n) is 3.76. The molecule has 0 aromatic heterocycles. The van der Waals surface area contributed by atoms with Crippen molar-refractivity contribution in [1.29, 1.82) is 0 Å². The number of carbonyl (C=O) groups excluding carboxylic acids is 1. The predicted molar refractivity (Wildman–Crippen MR) is 78.1 cm³/mol. The third kappa shape index (κ3) is 5.22. The Labute approximate surface area is 112 Å². The second-order valence-corrected chi connectivity index (χ2v) is 3.76. The number of rotatable bonds is 5. The molecule has 1 aromatic rings. The van der Waals surface area contributed by atoms with Crippen molar-refractivity contribution in [2.24, 2.45) is 20.8 Å². The van der Waals surface area contributed by atoms with E-state index in [0.717, 1.165) is 11.8 Å². The molecule has 6 nitrogen and oxygen atoms in total. The van der Waals surface area contributed by atoms with Crippen LogP contribution < -0.4 is 11.2 Å². The molecule has 0 aliphatic rings. The van der Waals surface area contributed by atoms with Gasteiger partial charge in [0.25, 0.3) is 0 Å². The van der Waals surface area contributed by atoms with Crippen LogP contribution in [0.1, 0.15) is 12.5 Å². The lowest BCUT2D eigenvalue weighted by molar-refractivity contribution is -0.108. The third-order valence-corrected chi connectivity index (χ3v) is 2.26. The van der Waals surface area contributed by atoms with Gasteiger partial charge in [0.05, 0.1) is 11.7 Å². The second kappa shape index (κ2) is 7.88. The van der Waals surface area contributed by atoms with Gasteiger partial charge in [0, 0.05) is 6.21 Å². The first-order valence-corrected chi connectivity index (χ1v) is 5.78. The summed E-state index contributed by atoms with van der Waals surface area (Å²) in [5.41, 5.74) is 9.89. The quantitative estimate of drug-likeness (QED) is 0.358. The average Bonchev–Trinajstić information content (AvgIpc) is 2.45. The molecule has 0 aliphatic carbocycles. The molecule has 0 spiro atoms. The van der Waals surface area contributed by atoms with E-state index in [1.165, 1.54) is 0 Å². The Bertz CT molecular complexity index is 478. The van der Waals surface area contributed by atoms with Crippen LogP contribution in [-0.2, 0) is 11.2 Å². The van der Waals surface area contributed by atoms with Crippen molar-refractivity contribution < 1.29 is 4.79 Å². The number of nitrogens with zero attached hydrogens (tertiary/aromatic N) is 3. The van der Waals surface area contributed by atoms with Crippen molar-refractivity contribution in [2.75, 3.05) is 0 Å². The lowest BCUT2D eigenvalue weighted by Gasteiger charge is -2.04. The molecule has 0 radical (unpaired) electrons. The van der Waals surface area contributed by atoms with E-state index in [9.17, 15) is 4.79 Å². The Morgan fingerprint density at radius 2 is 2.16 bits per heavy atom. The molecule has 100 valence electrons. The zero-order valence-electron chi connectivity index (χ0n) is 10.8. The van der Waals surface area contributed by atoms with Crippen molar-refractivity contribution >= 4 is 30.9 Å². The maximum Gasteiger partial charge on any atom is 0.243 e. The SMILES string of the molecule is C=NC(=Nc1ccc(CC(N)C=O)cc1)N/N=C\C. The van der Waals surface area contributed by atoms with E-state index in [1.807, 2.05) is 24.3 Å². The van der Waals surface area contributed by atoms with Crippen molar-refractivity contribution in [3.05, 3.63) is 29.8 Å². The lowest BCUT2D eigenvalue weighted by Crippen LogP contribution is -2.23. The number of benzene rings is 1. The molecule has 3 N–H and O–H groups in total. The first-order chi connectivity index (χ1) is 9.19. The van der Waals surface area contributed by atoms with E-state index < -0.39 is 6.04 Å². The van der Waals surface area contributed by atoms with Crippen LogP contribution in [0.25, 0.3) is 0 Å². The van der Waals surface area contributed by atoms with Crippen LogP contribution in [0.3, 0.4) is 0 Å². The normalized spacial score (nSPS) is 13.3. The molecule has 0 saturated heterocycles. The predicted octanol–water partition coefficient (Wildman–Crippen LogP) is 1.04. The number of hydrogen-bond donors (Lipinski definition) is 2. The summed E-state index contributed by atoms with van der Waals surface area (Å²) >= 11 is 0. The van der Waals surface area contributed by atoms with Crippen LogP contribution in [0.2, 0.25) is 0 Å². The minimum atomic E-state index is -0.472. The molecule has 1 unspecified atom stereocenters. The number of hydrazone groups is 1. The van der Waals surface area contributed by atoms with Crippen molar-refractivity contribution in [1.82, 2.24) is 5.43 Å². The van der Waals surface area contributed by atoms with Crippen LogP contribution in [0.4, 0.5) is 5.69 Å². The summed E-state index contributed by atoms with van der Waals surface area (Å²) in [6, 6.07) is 6.89. The fourth-order valence-corrected chi connectivity index (χ4v) is 1.37. The Morgan fingerprint density at radius 3 is 2.68 bits per heavy atom. The van der Waals surface area contributed by atoms with E-state index in [-0.39, 0.29) is 0 Å². The third-order valence-electron chi connectivity index (χ3n) is 2.26. The maximum absolute atomic E-state index is 10.5. The number of guanidine groups is 1. The van der Waals surface area contributed by atoms with Crippen LogP contribution in [0.15, 0.2) is 39.4 Å². The van der Waals surface area contributed by atoms with Crippen LogP contribution in [0.5, 0.6) is 0 Å². The molecule has 1 atom stereocenters. The number of carbonyl (C=O) groups is 1. The summed E-state index contributed by atoms with van der Waals surface area (Å²) in [6.45, 7) is 5.18. The fourth-order valence-electron chi connectivity index (χ4n) is 1.37. The molecule has 0 amide bonds. The molecule has 0 aliphatic heterocycles. The zero-order chi connectivity index (χ0) is 14.1. The van der Waals surface area contributed by atoms with Gasteiger partial charge in [-0.25, -0.2) is 15.4 Å². The summed E-state index contributed by atoms with van der Waals surface area (Å²) in [4.78, 5) is 18.4. The van der Waals surface area contributed by atoms with Crippen LogP contribution in [0, 0.1) is 0 Å². The van der Waals surface area contributed by atoms with Crippen molar-refractivity contribution in [3.8, 4) is 0 Å². The molecular formula is C13H17N5O. The topological polar surface area (TPSA) is 92.2 Å². The number of aldehydes is 1. The average molecular weight is 259 g/mol. The van der Waals surface area contributed by atoms with Gasteiger partial charge in [-0.05, 0) is 37.8 Å². The Morgan fingerprint density at radius 1 is 1.47 bits per heavy atom. The van der Waals surface area contributed by atoms with Crippen molar-refractivity contribution in [3.63, 3.8) is 0 Å². The van der Waals surface area contributed by atoms with Crippen molar-refractivity contribution in [2.45, 2.75) is 19.4 Å². The van der Waals surface area contributed by atoms with E-state index in [4.69, 9.17) is 5.73 Å². The van der Waals surface area contributed by atoms with Gasteiger partial charge in [0.2, 0.25) is 5.96 Å². The minimum Gasteiger partial charge on any atom is -0.321 e. The first kappa shape index (κ1) is 14.7. The van der Waals surface area contributed by atoms with Gasteiger partial charge in [-0.1, -0.05) is 12.1 Å². The fraction of sp³-hybridized carbons (Fsp3) is 0.231. The van der Waals surface area contributed by atoms with Gasteiger partial charge in [-0.2, -0.15) is 5.10 Å². The number of aliphatic imine (C=N–C) groups is 2. The minimum absolute atomic E-state index is 0.315. The van der Waals surface area contributed by atoms with Gasteiger partial charge in [-0.3, -0.25) is 0 Å². The van der Waals surface area contributed by atoms with E-state index >= 15 is 0 Å². The molecule has 0 bridgehead atoms. The monoisotopic (exact) mass is 259 g/mol. The molecule has 0 saturated carbocycles. The van der Waals surface area contributed by atoms with E-state index in [2.05, 4.69) is 27.2 Å². The highest BCUT2D eigenvalue weighted by Crippen LogP contribution is 2.14. The Kier molecular flexibility index (Phi) is 6.11. The van der Waals surface area contributed by atoms with Gasteiger partial charge in [0.15, 0.2) is 0 Å². The lowest BCUT2D eigenvalue weighted by atomic mass is 10.1. The summed E-state index contributed by atoms with van der Waals surface area (Å²) in [5, 5.41) is 3.81. The van der Waals surface area contributed by atoms with E-state index in [0.29, 0.717) is 18.1 Å². The summed E-state index contributed by atoms with van der Waals surface area (Å²) in [6.07, 6.45) is 2.83. The summed E-state index contributed by atoms with van der Waals surface area (Å²) in [7, 11) is 0. The standard InChI is InChI=1S/C13H17N5O/c1-3-16-18-13(15-2)17-12-6-4-10(5-7-12)8-11(14)9-19/h3-7,9,11H,2,8,14H2,1H3,(H,17,18)/b16-3-. The maximum atomic E-state index is 10.5. The highest BCUT2D eigenvalue weighted by molar-refractivity contribution is 5.86. The molecule has 1 rings (SSSR count). The summed E-state index contributed by atoms with van der Waals surface area (Å²) in [5.74, 6) is 0.315. The van der Waals surface area contributed by atoms with Gasteiger partial charge in [0.1, 0.15) is 6.29 Å². The molecular weight excluding hydrogens is 242 g/mol. The van der Waals surface area contributed by atoms with E-state index in [1.54, 1.807) is 13.1 Å². The smallest absolute Gasteiger partial charge is 0.243 e. The molecule has 6 heteroatoms. The highest BCUT2D eigenvalue weighted by Gasteiger charge is 2.02. The Hall–Kier alpha value is -2.34. The van der Waals surface area contributed by atoms with Crippen LogP contribution >= 0.6 is 0 Å². The van der Waals surface area contributed by atoms with Gasteiger partial charge < -0.3 is 10.5 Å². The van der Waals surface area contributed by atoms with Gasteiger partial charge in [-0.15, -0.1) is 0 Å². The zero-order valence-corrected chi connectivity index (χ0v) is 10.8. The molecule has 1 aromatic carbocycles. The molecule has 0 heterocycles. The summed E-state index contributed by atoms with van der Waals surface area (Å²) < 4.78 is 0. The highest BCUT2D eigenvalue weighted by atomic mass is 16.1. The van der Waals surface area contributed by atoms with Crippen LogP contribution in [-0.4, -0.2) is 31.2 Å². The number of nitrogens with one attached hydrogen (secondary N) is 1. The number of nitrogens with two attached hydrogens (primary N) is 1. The molecule has 0 fully saturated rings. The first-order valence-electron chi connectivity index (χ1n) is 5.78. The van der Waals surface area contributed by atoms with Gasteiger partial charge >= 0.3 is 0 Å². The Balaban J connectivity index is 2.77. The largest absolute Gasteiger partial charge is 0.321 e. The molecule has 19 heavy (non-hydrogen) atoms. The number of hydrogen-bond acceptors (Lipinski definition) is 4.